The van der Waals surface area contributed by atoms with Crippen molar-refractivity contribution in [3.8, 4) is 0 Å². The largest absolute Gasteiger partial charge is 0.355 e. The van der Waals surface area contributed by atoms with E-state index >= 15 is 0 Å². The minimum absolute atomic E-state index is 0. The van der Waals surface area contributed by atoms with Crippen LogP contribution in [0.1, 0.15) is 12.8 Å². The molecule has 2 atom stereocenters. The van der Waals surface area contributed by atoms with E-state index in [1.807, 2.05) is 0 Å². The SMILES string of the molecule is CN1CCC(CNC(=O)C2CCNC2)C1.Cl.Cl. The van der Waals surface area contributed by atoms with Crippen molar-refractivity contribution in [2.45, 2.75) is 12.8 Å². The van der Waals surface area contributed by atoms with Gasteiger partial charge in [-0.3, -0.25) is 4.79 Å². The van der Waals surface area contributed by atoms with Crippen LogP contribution in [0.2, 0.25) is 0 Å². The number of carbonyl (C=O) groups excluding carboxylic acids is 1. The number of amides is 1. The summed E-state index contributed by atoms with van der Waals surface area (Å²) in [7, 11) is 2.14. The Morgan fingerprint density at radius 3 is 2.71 bits per heavy atom. The minimum Gasteiger partial charge on any atom is -0.355 e. The highest BCUT2D eigenvalue weighted by Gasteiger charge is 2.24. The summed E-state index contributed by atoms with van der Waals surface area (Å²) in [6.07, 6.45) is 2.22. The van der Waals surface area contributed by atoms with Gasteiger partial charge in [0.05, 0.1) is 5.92 Å². The van der Waals surface area contributed by atoms with Gasteiger partial charge in [-0.1, -0.05) is 0 Å². The third kappa shape index (κ3) is 5.00. The fourth-order valence-corrected chi connectivity index (χ4v) is 2.46. The smallest absolute Gasteiger partial charge is 0.224 e. The number of likely N-dealkylation sites (tertiary alicyclic amines) is 1. The van der Waals surface area contributed by atoms with Crippen molar-refractivity contribution in [1.82, 2.24) is 15.5 Å². The standard InChI is InChI=1S/C11H21N3O.2ClH/c1-14-5-3-9(8-14)6-13-11(15)10-2-4-12-7-10;;/h9-10,12H,2-8H2,1H3,(H,13,15);2*1H. The number of hydrogen-bond acceptors (Lipinski definition) is 3. The van der Waals surface area contributed by atoms with Crippen molar-refractivity contribution < 1.29 is 4.79 Å². The molecule has 0 saturated carbocycles. The van der Waals surface area contributed by atoms with Gasteiger partial charge >= 0.3 is 0 Å². The lowest BCUT2D eigenvalue weighted by atomic mass is 10.1. The number of halogens is 2. The molecular weight excluding hydrogens is 261 g/mol. The zero-order valence-corrected chi connectivity index (χ0v) is 11.9. The molecule has 0 aromatic heterocycles. The van der Waals surface area contributed by atoms with Crippen molar-refractivity contribution >= 4 is 30.7 Å². The third-order valence-electron chi connectivity index (χ3n) is 3.49. The average molecular weight is 284 g/mol. The van der Waals surface area contributed by atoms with Crippen molar-refractivity contribution in [1.29, 1.82) is 0 Å². The van der Waals surface area contributed by atoms with Crippen LogP contribution in [0.4, 0.5) is 0 Å². The Bertz CT molecular complexity index is 235. The molecule has 0 radical (unpaired) electrons. The number of rotatable bonds is 3. The molecule has 0 aliphatic carbocycles. The van der Waals surface area contributed by atoms with Crippen LogP contribution in [0, 0.1) is 11.8 Å². The molecule has 2 heterocycles. The van der Waals surface area contributed by atoms with Crippen molar-refractivity contribution in [2.24, 2.45) is 11.8 Å². The maximum atomic E-state index is 11.7. The van der Waals surface area contributed by atoms with Gasteiger partial charge in [0.25, 0.3) is 0 Å². The number of nitrogens with one attached hydrogen (secondary N) is 2. The molecule has 0 aromatic rings. The summed E-state index contributed by atoms with van der Waals surface area (Å²) in [5.41, 5.74) is 0. The minimum atomic E-state index is 0. The number of nitrogens with zero attached hydrogens (tertiary/aromatic N) is 1. The Labute approximate surface area is 116 Å². The Morgan fingerprint density at radius 2 is 2.18 bits per heavy atom. The summed E-state index contributed by atoms with van der Waals surface area (Å²) >= 11 is 0. The van der Waals surface area contributed by atoms with Crippen LogP contribution in [-0.4, -0.2) is 50.6 Å². The molecule has 0 bridgehead atoms. The average Bonchev–Trinajstić information content (AvgIpc) is 2.84. The Morgan fingerprint density at radius 1 is 1.41 bits per heavy atom. The molecule has 0 aromatic carbocycles. The van der Waals surface area contributed by atoms with E-state index in [0.29, 0.717) is 5.92 Å². The first kappa shape index (κ1) is 17.0. The maximum absolute atomic E-state index is 11.7. The van der Waals surface area contributed by atoms with Crippen molar-refractivity contribution in [3.63, 3.8) is 0 Å². The molecule has 2 saturated heterocycles. The Kier molecular flexibility index (Phi) is 8.12. The summed E-state index contributed by atoms with van der Waals surface area (Å²) in [4.78, 5) is 14.0. The van der Waals surface area contributed by atoms with E-state index in [-0.39, 0.29) is 36.6 Å². The van der Waals surface area contributed by atoms with Crippen LogP contribution in [0.25, 0.3) is 0 Å². The maximum Gasteiger partial charge on any atom is 0.224 e. The molecule has 2 rings (SSSR count). The van der Waals surface area contributed by atoms with Crippen LogP contribution < -0.4 is 10.6 Å². The van der Waals surface area contributed by atoms with E-state index in [2.05, 4.69) is 22.6 Å². The normalized spacial score (nSPS) is 28.3. The van der Waals surface area contributed by atoms with E-state index in [1.165, 1.54) is 13.0 Å². The highest BCUT2D eigenvalue weighted by molar-refractivity contribution is 5.85. The molecule has 2 aliphatic heterocycles. The lowest BCUT2D eigenvalue weighted by Gasteiger charge is -2.14. The Hall–Kier alpha value is -0.0300. The van der Waals surface area contributed by atoms with E-state index in [0.717, 1.165) is 32.6 Å². The first-order chi connectivity index (χ1) is 7.25. The predicted molar refractivity (Wildman–Crippen MR) is 74.1 cm³/mol. The molecule has 2 N–H and O–H groups in total. The van der Waals surface area contributed by atoms with Gasteiger partial charge in [0, 0.05) is 19.6 Å². The molecular formula is C11H23Cl2N3O. The molecule has 1 amide bonds. The van der Waals surface area contributed by atoms with Gasteiger partial charge in [-0.2, -0.15) is 0 Å². The summed E-state index contributed by atoms with van der Waals surface area (Å²) in [6, 6.07) is 0. The highest BCUT2D eigenvalue weighted by atomic mass is 35.5. The first-order valence-electron chi connectivity index (χ1n) is 5.92. The molecule has 2 unspecified atom stereocenters. The van der Waals surface area contributed by atoms with Crippen LogP contribution in [0.3, 0.4) is 0 Å². The zero-order valence-electron chi connectivity index (χ0n) is 10.3. The first-order valence-corrected chi connectivity index (χ1v) is 5.92. The molecule has 102 valence electrons. The topological polar surface area (TPSA) is 44.4 Å². The van der Waals surface area contributed by atoms with Gasteiger partial charge in [-0.25, -0.2) is 0 Å². The van der Waals surface area contributed by atoms with E-state index in [1.54, 1.807) is 0 Å². The fraction of sp³-hybridized carbons (Fsp3) is 0.909. The highest BCUT2D eigenvalue weighted by Crippen LogP contribution is 2.13. The van der Waals surface area contributed by atoms with Crippen LogP contribution in [0.15, 0.2) is 0 Å². The summed E-state index contributed by atoms with van der Waals surface area (Å²) in [6.45, 7) is 5.01. The van der Waals surface area contributed by atoms with Crippen molar-refractivity contribution in [2.75, 3.05) is 39.8 Å². The van der Waals surface area contributed by atoms with Crippen LogP contribution in [-0.2, 0) is 4.79 Å². The molecule has 6 heteroatoms. The molecule has 2 fully saturated rings. The van der Waals surface area contributed by atoms with Crippen molar-refractivity contribution in [3.05, 3.63) is 0 Å². The number of hydrogen-bond donors (Lipinski definition) is 2. The zero-order chi connectivity index (χ0) is 10.7. The van der Waals surface area contributed by atoms with Crippen LogP contribution >= 0.6 is 24.8 Å². The lowest BCUT2D eigenvalue weighted by Crippen LogP contribution is -2.35. The monoisotopic (exact) mass is 283 g/mol. The quantitative estimate of drug-likeness (QED) is 0.793. The molecule has 4 nitrogen and oxygen atoms in total. The van der Waals surface area contributed by atoms with E-state index in [4.69, 9.17) is 0 Å². The summed E-state index contributed by atoms with van der Waals surface area (Å²) < 4.78 is 0. The second kappa shape index (κ2) is 8.14. The summed E-state index contributed by atoms with van der Waals surface area (Å²) in [5, 5.41) is 6.30. The lowest BCUT2D eigenvalue weighted by molar-refractivity contribution is -0.124. The van der Waals surface area contributed by atoms with E-state index in [9.17, 15) is 4.79 Å². The molecule has 2 aliphatic rings. The second-order valence-electron chi connectivity index (χ2n) is 4.85. The van der Waals surface area contributed by atoms with Gasteiger partial charge in [0.2, 0.25) is 5.91 Å². The second-order valence-corrected chi connectivity index (χ2v) is 4.85. The molecule has 17 heavy (non-hydrogen) atoms. The number of carbonyl (C=O) groups is 1. The third-order valence-corrected chi connectivity index (χ3v) is 3.49. The van der Waals surface area contributed by atoms with Gasteiger partial charge in [0.1, 0.15) is 0 Å². The molecule has 0 spiro atoms. The van der Waals surface area contributed by atoms with Gasteiger partial charge in [-0.05, 0) is 38.9 Å². The fourth-order valence-electron chi connectivity index (χ4n) is 2.46. The van der Waals surface area contributed by atoms with E-state index < -0.39 is 0 Å². The predicted octanol–water partition coefficient (Wildman–Crippen LogP) is 0.507. The van der Waals surface area contributed by atoms with Crippen LogP contribution in [0.5, 0.6) is 0 Å². The van der Waals surface area contributed by atoms with Gasteiger partial charge in [-0.15, -0.1) is 24.8 Å². The van der Waals surface area contributed by atoms with Gasteiger partial charge < -0.3 is 15.5 Å². The Balaban J connectivity index is 0.00000128. The summed E-state index contributed by atoms with van der Waals surface area (Å²) in [5.74, 6) is 1.12. The van der Waals surface area contributed by atoms with Gasteiger partial charge in [0.15, 0.2) is 0 Å².